The first kappa shape index (κ1) is 9.82. The smallest absolute Gasteiger partial charge is 0.211 e. The van der Waals surface area contributed by atoms with Crippen LogP contribution in [0.1, 0.15) is 0 Å². The molecule has 76 valence electrons. The Bertz CT molecular complexity index is 453. The average molecular weight is 219 g/mol. The Morgan fingerprint density at radius 1 is 1.33 bits per heavy atom. The fraction of sp³-hybridized carbons (Fsp3) is 0. The Kier molecular flexibility index (Phi) is 3.06. The summed E-state index contributed by atoms with van der Waals surface area (Å²) in [6.07, 6.45) is 1.19. The molecule has 0 saturated heterocycles. The van der Waals surface area contributed by atoms with Crippen molar-refractivity contribution in [1.29, 1.82) is 0 Å². The van der Waals surface area contributed by atoms with E-state index < -0.39 is 0 Å². The minimum atomic E-state index is 0.607. The number of hydrogen-bond donors (Lipinski definition) is 2. The van der Waals surface area contributed by atoms with Gasteiger partial charge in [-0.15, -0.1) is 11.3 Å². The first-order valence-electron chi connectivity index (χ1n) is 4.33. The molecular formula is C10H9N3OS. The molecule has 1 heterocycles. The molecule has 15 heavy (non-hydrogen) atoms. The van der Waals surface area contributed by atoms with Gasteiger partial charge in [0.05, 0.1) is 5.69 Å². The van der Waals surface area contributed by atoms with Gasteiger partial charge in [0.15, 0.2) is 0 Å². The van der Waals surface area contributed by atoms with Crippen LogP contribution in [-0.4, -0.2) is 16.5 Å². The van der Waals surface area contributed by atoms with Crippen molar-refractivity contribution in [2.24, 2.45) is 4.99 Å². The number of hydrogen-bond acceptors (Lipinski definition) is 4. The van der Waals surface area contributed by atoms with Crippen LogP contribution in [0.5, 0.6) is 0 Å². The maximum absolute atomic E-state index is 8.33. The van der Waals surface area contributed by atoms with Gasteiger partial charge in [-0.05, 0) is 0 Å². The number of thiazole rings is 1. The minimum Gasteiger partial charge on any atom is -0.290 e. The van der Waals surface area contributed by atoms with Gasteiger partial charge in [-0.2, -0.15) is 0 Å². The van der Waals surface area contributed by atoms with E-state index in [2.05, 4.69) is 9.98 Å². The third-order valence-corrected chi connectivity index (χ3v) is 2.54. The lowest BCUT2D eigenvalue weighted by Gasteiger charge is -1.92. The summed E-state index contributed by atoms with van der Waals surface area (Å²) in [4.78, 5) is 8.18. The van der Waals surface area contributed by atoms with Crippen molar-refractivity contribution in [2.45, 2.75) is 0 Å². The number of benzene rings is 1. The van der Waals surface area contributed by atoms with Crippen molar-refractivity contribution in [3.63, 3.8) is 0 Å². The van der Waals surface area contributed by atoms with Gasteiger partial charge in [-0.1, -0.05) is 30.3 Å². The number of nitrogens with zero attached hydrogens (tertiary/aromatic N) is 2. The van der Waals surface area contributed by atoms with Crippen LogP contribution in [0.3, 0.4) is 0 Å². The van der Waals surface area contributed by atoms with Crippen molar-refractivity contribution < 1.29 is 5.21 Å². The quantitative estimate of drug-likeness (QED) is 0.473. The summed E-state index contributed by atoms with van der Waals surface area (Å²) < 4.78 is 0. The molecule has 0 radical (unpaired) electrons. The van der Waals surface area contributed by atoms with Crippen molar-refractivity contribution >= 4 is 22.8 Å². The maximum Gasteiger partial charge on any atom is 0.211 e. The molecule has 0 aliphatic heterocycles. The second-order valence-electron chi connectivity index (χ2n) is 2.77. The second kappa shape index (κ2) is 4.68. The van der Waals surface area contributed by atoms with Gasteiger partial charge in [0.25, 0.3) is 0 Å². The highest BCUT2D eigenvalue weighted by molar-refractivity contribution is 7.13. The van der Waals surface area contributed by atoms with Crippen LogP contribution in [0.4, 0.5) is 5.13 Å². The van der Waals surface area contributed by atoms with E-state index in [1.165, 1.54) is 17.7 Å². The van der Waals surface area contributed by atoms with E-state index in [0.29, 0.717) is 5.13 Å². The molecule has 0 saturated carbocycles. The fourth-order valence-corrected chi connectivity index (χ4v) is 1.82. The lowest BCUT2D eigenvalue weighted by atomic mass is 10.2. The minimum absolute atomic E-state index is 0.607. The monoisotopic (exact) mass is 219 g/mol. The predicted octanol–water partition coefficient (Wildman–Crippen LogP) is 2.45. The van der Waals surface area contributed by atoms with Crippen LogP contribution in [0.2, 0.25) is 0 Å². The standard InChI is InChI=1S/C10H9N3OS/c14-12-7-11-10-13-9(6-15-10)8-4-2-1-3-5-8/h1-7,14H,(H,11,12,13). The van der Waals surface area contributed by atoms with Gasteiger partial charge in [-0.25, -0.2) is 9.98 Å². The SMILES string of the molecule is ON/C=N/c1nc(-c2ccccc2)cs1. The molecule has 1 aromatic heterocycles. The van der Waals surface area contributed by atoms with E-state index in [1.807, 2.05) is 41.2 Å². The van der Waals surface area contributed by atoms with Crippen LogP contribution >= 0.6 is 11.3 Å². The van der Waals surface area contributed by atoms with E-state index in [0.717, 1.165) is 11.3 Å². The molecule has 5 heteroatoms. The molecule has 0 fully saturated rings. The van der Waals surface area contributed by atoms with Gasteiger partial charge >= 0.3 is 0 Å². The Hall–Kier alpha value is -1.72. The molecule has 0 aliphatic rings. The third-order valence-electron chi connectivity index (χ3n) is 1.79. The Morgan fingerprint density at radius 2 is 2.13 bits per heavy atom. The van der Waals surface area contributed by atoms with Gasteiger partial charge in [0.2, 0.25) is 5.13 Å². The van der Waals surface area contributed by atoms with E-state index >= 15 is 0 Å². The van der Waals surface area contributed by atoms with Crippen molar-refractivity contribution in [3.05, 3.63) is 35.7 Å². The number of hydroxylamine groups is 1. The Morgan fingerprint density at radius 3 is 2.87 bits per heavy atom. The van der Waals surface area contributed by atoms with E-state index in [4.69, 9.17) is 5.21 Å². The van der Waals surface area contributed by atoms with Gasteiger partial charge in [0.1, 0.15) is 6.34 Å². The molecule has 1 aromatic carbocycles. The van der Waals surface area contributed by atoms with Crippen molar-refractivity contribution in [1.82, 2.24) is 10.5 Å². The Labute approximate surface area is 90.9 Å². The molecule has 0 spiro atoms. The highest BCUT2D eigenvalue weighted by atomic mass is 32.1. The van der Waals surface area contributed by atoms with Gasteiger partial charge in [-0.3, -0.25) is 10.7 Å². The second-order valence-corrected chi connectivity index (χ2v) is 3.61. The fourth-order valence-electron chi connectivity index (χ4n) is 1.15. The number of rotatable bonds is 3. The number of nitrogens with one attached hydrogen (secondary N) is 1. The zero-order valence-corrected chi connectivity index (χ0v) is 8.61. The molecule has 0 unspecified atom stereocenters. The highest BCUT2D eigenvalue weighted by Gasteiger charge is 2.01. The van der Waals surface area contributed by atoms with Crippen LogP contribution < -0.4 is 5.48 Å². The summed E-state index contributed by atoms with van der Waals surface area (Å²) in [5.41, 5.74) is 3.80. The first-order valence-corrected chi connectivity index (χ1v) is 5.21. The number of aliphatic imine (C=N–C) groups is 1. The van der Waals surface area contributed by atoms with E-state index in [1.54, 1.807) is 0 Å². The molecule has 0 bridgehead atoms. The molecule has 4 nitrogen and oxygen atoms in total. The maximum atomic E-state index is 8.33. The predicted molar refractivity (Wildman–Crippen MR) is 60.6 cm³/mol. The molecule has 2 N–H and O–H groups in total. The summed E-state index contributed by atoms with van der Waals surface area (Å²) in [6, 6.07) is 9.88. The lowest BCUT2D eigenvalue weighted by molar-refractivity contribution is 0.240. The van der Waals surface area contributed by atoms with Crippen molar-refractivity contribution in [2.75, 3.05) is 0 Å². The van der Waals surface area contributed by atoms with Crippen LogP contribution in [0.15, 0.2) is 40.7 Å². The Balaban J connectivity index is 2.24. The van der Waals surface area contributed by atoms with Gasteiger partial charge in [0, 0.05) is 10.9 Å². The summed E-state index contributed by atoms with van der Waals surface area (Å²) in [5, 5.41) is 10.9. The lowest BCUT2D eigenvalue weighted by Crippen LogP contribution is -2.00. The zero-order valence-electron chi connectivity index (χ0n) is 7.79. The van der Waals surface area contributed by atoms with E-state index in [9.17, 15) is 0 Å². The third kappa shape index (κ3) is 2.39. The van der Waals surface area contributed by atoms with Gasteiger partial charge < -0.3 is 0 Å². The normalized spacial score (nSPS) is 10.7. The van der Waals surface area contributed by atoms with Crippen LogP contribution in [0, 0.1) is 0 Å². The zero-order chi connectivity index (χ0) is 10.5. The molecule has 2 rings (SSSR count). The average Bonchev–Trinajstić information content (AvgIpc) is 2.76. The first-order chi connectivity index (χ1) is 7.40. The summed E-state index contributed by atoms with van der Waals surface area (Å²) >= 11 is 1.42. The summed E-state index contributed by atoms with van der Waals surface area (Å²) in [6.45, 7) is 0. The molecular weight excluding hydrogens is 210 g/mol. The van der Waals surface area contributed by atoms with Crippen LogP contribution in [0.25, 0.3) is 11.3 Å². The molecule has 0 atom stereocenters. The topological polar surface area (TPSA) is 57.5 Å². The summed E-state index contributed by atoms with van der Waals surface area (Å²) in [7, 11) is 0. The molecule has 0 amide bonds. The molecule has 0 aliphatic carbocycles. The molecule has 2 aromatic rings. The summed E-state index contributed by atoms with van der Waals surface area (Å²) in [5.74, 6) is 0. The largest absolute Gasteiger partial charge is 0.290 e. The van der Waals surface area contributed by atoms with E-state index in [-0.39, 0.29) is 0 Å². The highest BCUT2D eigenvalue weighted by Crippen LogP contribution is 2.25. The number of aromatic nitrogens is 1. The van der Waals surface area contributed by atoms with Crippen molar-refractivity contribution in [3.8, 4) is 11.3 Å². The van der Waals surface area contributed by atoms with Crippen LogP contribution in [-0.2, 0) is 0 Å².